The van der Waals surface area contributed by atoms with E-state index in [0.29, 0.717) is 5.92 Å². The number of hydrogen-bond donors (Lipinski definition) is 1. The van der Waals surface area contributed by atoms with Crippen LogP contribution < -0.4 is 10.2 Å². The minimum Gasteiger partial charge on any atom is -0.279 e. The molecular weight excluding hydrogens is 228 g/mol. The van der Waals surface area contributed by atoms with Gasteiger partial charge in [0.2, 0.25) is 0 Å². The molecule has 4 nitrogen and oxygen atoms in total. The van der Waals surface area contributed by atoms with E-state index >= 15 is 0 Å². The summed E-state index contributed by atoms with van der Waals surface area (Å²) in [6.07, 6.45) is 5.00. The molecule has 0 aromatic heterocycles. The smallest absolute Gasteiger partial charge is 0.279 e. The predicted octanol–water partition coefficient (Wildman–Crippen LogP) is 2.56. The summed E-state index contributed by atoms with van der Waals surface area (Å²) >= 11 is 0. The van der Waals surface area contributed by atoms with E-state index < -0.39 is 0 Å². The lowest BCUT2D eigenvalue weighted by Crippen LogP contribution is -2.27. The summed E-state index contributed by atoms with van der Waals surface area (Å²) in [5, 5.41) is 2.25. The third kappa shape index (κ3) is 1.98. The third-order valence-corrected chi connectivity index (χ3v) is 3.67. The maximum atomic E-state index is 11.6. The van der Waals surface area contributed by atoms with Crippen LogP contribution in [0.5, 0.6) is 0 Å². The molecule has 3 amide bonds. The average molecular weight is 243 g/mol. The Bertz CT molecular complexity index is 492. The molecule has 0 bridgehead atoms. The molecule has 1 radical (unpaired) electrons. The van der Waals surface area contributed by atoms with Gasteiger partial charge in [-0.05, 0) is 36.5 Å². The van der Waals surface area contributed by atoms with Crippen molar-refractivity contribution in [3.8, 4) is 0 Å². The van der Waals surface area contributed by atoms with Crippen molar-refractivity contribution in [3.63, 3.8) is 0 Å². The van der Waals surface area contributed by atoms with Crippen LogP contribution in [0.4, 0.5) is 10.5 Å². The van der Waals surface area contributed by atoms with Crippen molar-refractivity contribution in [1.82, 2.24) is 5.32 Å². The number of rotatable bonds is 2. The van der Waals surface area contributed by atoms with Crippen molar-refractivity contribution in [3.05, 3.63) is 36.4 Å². The Kier molecular flexibility index (Phi) is 2.78. The van der Waals surface area contributed by atoms with E-state index in [1.165, 1.54) is 42.7 Å². The molecule has 1 aromatic rings. The highest BCUT2D eigenvalue weighted by atomic mass is 16.2. The molecule has 1 saturated heterocycles. The van der Waals surface area contributed by atoms with E-state index in [-0.39, 0.29) is 11.9 Å². The second-order valence-electron chi connectivity index (χ2n) is 4.87. The molecule has 93 valence electrons. The van der Waals surface area contributed by atoms with Gasteiger partial charge in [-0.3, -0.25) is 15.0 Å². The number of benzene rings is 1. The largest absolute Gasteiger partial charge is 0.329 e. The van der Waals surface area contributed by atoms with Gasteiger partial charge in [0.1, 0.15) is 6.54 Å². The van der Waals surface area contributed by atoms with Gasteiger partial charge in [0.15, 0.2) is 0 Å². The van der Waals surface area contributed by atoms with E-state index in [1.54, 1.807) is 0 Å². The number of anilines is 1. The van der Waals surface area contributed by atoms with Gasteiger partial charge in [0, 0.05) is 5.69 Å². The minimum atomic E-state index is -0.372. The summed E-state index contributed by atoms with van der Waals surface area (Å²) < 4.78 is 0. The van der Waals surface area contributed by atoms with Crippen molar-refractivity contribution in [2.45, 2.75) is 31.6 Å². The molecule has 1 aromatic carbocycles. The lowest BCUT2D eigenvalue weighted by Gasteiger charge is -2.16. The molecule has 3 rings (SSSR count). The molecule has 4 heteroatoms. The van der Waals surface area contributed by atoms with Crippen LogP contribution in [0.3, 0.4) is 0 Å². The fourth-order valence-corrected chi connectivity index (χ4v) is 2.75. The summed E-state index contributed by atoms with van der Waals surface area (Å²) in [6, 6.07) is 7.56. The Morgan fingerprint density at radius 3 is 2.61 bits per heavy atom. The third-order valence-electron chi connectivity index (χ3n) is 3.67. The van der Waals surface area contributed by atoms with Crippen molar-refractivity contribution in [1.29, 1.82) is 0 Å². The molecule has 1 heterocycles. The van der Waals surface area contributed by atoms with Gasteiger partial charge < -0.3 is 0 Å². The normalized spacial score (nSPS) is 20.6. The quantitative estimate of drug-likeness (QED) is 0.811. The summed E-state index contributed by atoms with van der Waals surface area (Å²) in [5.41, 5.74) is 2.04. The van der Waals surface area contributed by atoms with E-state index in [0.717, 1.165) is 5.69 Å². The second-order valence-corrected chi connectivity index (χ2v) is 4.87. The zero-order valence-corrected chi connectivity index (χ0v) is 10.1. The Morgan fingerprint density at radius 1 is 1.17 bits per heavy atom. The molecule has 0 atom stereocenters. The number of carbonyl (C=O) groups excluding carboxylic acids is 2. The highest BCUT2D eigenvalue weighted by Crippen LogP contribution is 2.35. The molecule has 2 fully saturated rings. The monoisotopic (exact) mass is 243 g/mol. The van der Waals surface area contributed by atoms with Crippen LogP contribution in [0.2, 0.25) is 0 Å². The van der Waals surface area contributed by atoms with Gasteiger partial charge in [-0.1, -0.05) is 25.0 Å². The Balaban J connectivity index is 1.86. The van der Waals surface area contributed by atoms with Gasteiger partial charge in [-0.25, -0.2) is 4.79 Å². The molecule has 0 unspecified atom stereocenters. The first kappa shape index (κ1) is 11.3. The first-order valence-electron chi connectivity index (χ1n) is 6.33. The van der Waals surface area contributed by atoms with Gasteiger partial charge in [-0.15, -0.1) is 0 Å². The van der Waals surface area contributed by atoms with Gasteiger partial charge in [-0.2, -0.15) is 0 Å². The molecule has 1 aliphatic carbocycles. The van der Waals surface area contributed by atoms with Crippen molar-refractivity contribution in [2.24, 2.45) is 0 Å². The molecule has 1 saturated carbocycles. The Morgan fingerprint density at radius 2 is 1.94 bits per heavy atom. The second kappa shape index (κ2) is 4.44. The lowest BCUT2D eigenvalue weighted by molar-refractivity contribution is -0.115. The van der Waals surface area contributed by atoms with E-state index in [1.807, 2.05) is 18.2 Å². The Hall–Kier alpha value is -1.84. The van der Waals surface area contributed by atoms with Crippen LogP contribution in [0, 0.1) is 6.54 Å². The van der Waals surface area contributed by atoms with E-state index in [2.05, 4.69) is 11.4 Å². The maximum Gasteiger partial charge on any atom is 0.329 e. The minimum absolute atomic E-state index is 0.355. The van der Waals surface area contributed by atoms with E-state index in [9.17, 15) is 9.59 Å². The van der Waals surface area contributed by atoms with Crippen LogP contribution in [0.1, 0.15) is 37.2 Å². The number of urea groups is 1. The molecule has 2 aliphatic rings. The SMILES string of the molecule is O=C1[CH]N(c2cccc(C3CCCC3)c2)C(=O)N1. The highest BCUT2D eigenvalue weighted by molar-refractivity contribution is 6.16. The van der Waals surface area contributed by atoms with Crippen LogP contribution >= 0.6 is 0 Å². The fraction of sp³-hybridized carbons (Fsp3) is 0.357. The number of nitrogens with zero attached hydrogens (tertiary/aromatic N) is 1. The average Bonchev–Trinajstić information content (AvgIpc) is 2.99. The molecular formula is C14H15N2O2. The fourth-order valence-electron chi connectivity index (χ4n) is 2.75. The molecule has 1 N–H and O–H groups in total. The number of carbonyl (C=O) groups is 2. The zero-order valence-electron chi connectivity index (χ0n) is 10.1. The molecule has 18 heavy (non-hydrogen) atoms. The highest BCUT2D eigenvalue weighted by Gasteiger charge is 2.29. The summed E-state index contributed by atoms with van der Waals surface area (Å²) in [6.45, 7) is 1.30. The number of hydrogen-bond acceptors (Lipinski definition) is 2. The van der Waals surface area contributed by atoms with Gasteiger partial charge >= 0.3 is 6.03 Å². The van der Waals surface area contributed by atoms with E-state index in [4.69, 9.17) is 0 Å². The summed E-state index contributed by atoms with van der Waals surface area (Å²) in [7, 11) is 0. The van der Waals surface area contributed by atoms with Crippen LogP contribution in [-0.4, -0.2) is 11.9 Å². The lowest BCUT2D eigenvalue weighted by atomic mass is 9.97. The number of amides is 3. The van der Waals surface area contributed by atoms with Crippen LogP contribution in [0.25, 0.3) is 0 Å². The number of imide groups is 1. The first-order valence-corrected chi connectivity index (χ1v) is 6.33. The molecule has 0 spiro atoms. The van der Waals surface area contributed by atoms with Gasteiger partial charge in [0.05, 0.1) is 0 Å². The maximum absolute atomic E-state index is 11.6. The van der Waals surface area contributed by atoms with Gasteiger partial charge in [0.25, 0.3) is 5.91 Å². The standard InChI is InChI=1S/C14H15N2O2/c17-13-9-16(14(18)15-13)12-7-3-6-11(8-12)10-4-1-2-5-10/h3,6-10H,1-2,4-5H2,(H,15,17,18). The van der Waals surface area contributed by atoms with Crippen LogP contribution in [0.15, 0.2) is 24.3 Å². The summed E-state index contributed by atoms with van der Waals surface area (Å²) in [5.74, 6) is 0.248. The topological polar surface area (TPSA) is 49.4 Å². The predicted molar refractivity (Wildman–Crippen MR) is 68.0 cm³/mol. The van der Waals surface area contributed by atoms with Crippen molar-refractivity contribution >= 4 is 17.6 Å². The Labute approximate surface area is 106 Å². The molecule has 1 aliphatic heterocycles. The zero-order chi connectivity index (χ0) is 12.5. The summed E-state index contributed by atoms with van der Waals surface area (Å²) in [4.78, 5) is 24.1. The van der Waals surface area contributed by atoms with Crippen molar-refractivity contribution in [2.75, 3.05) is 4.90 Å². The van der Waals surface area contributed by atoms with Crippen LogP contribution in [-0.2, 0) is 4.79 Å². The van der Waals surface area contributed by atoms with Crippen molar-refractivity contribution < 1.29 is 9.59 Å². The number of nitrogens with one attached hydrogen (secondary N) is 1. The first-order chi connectivity index (χ1) is 8.74.